The third-order valence-electron chi connectivity index (χ3n) is 2.32. The number of nitrogens with two attached hydrogens (primary N) is 1. The minimum absolute atomic E-state index is 0.265. The van der Waals surface area contributed by atoms with Crippen molar-refractivity contribution in [2.45, 2.75) is 6.54 Å². The van der Waals surface area contributed by atoms with Crippen LogP contribution in [0, 0.1) is 5.82 Å². The van der Waals surface area contributed by atoms with E-state index in [1.165, 1.54) is 12.1 Å². The second-order valence-corrected chi connectivity index (χ2v) is 5.40. The monoisotopic (exact) mass is 373 g/mol. The molecule has 1 heterocycles. The Morgan fingerprint density at radius 2 is 2.00 bits per heavy atom. The summed E-state index contributed by atoms with van der Waals surface area (Å²) in [6.45, 7) is 0.466. The number of aromatic nitrogens is 1. The highest BCUT2D eigenvalue weighted by Gasteiger charge is 2.05. The summed E-state index contributed by atoms with van der Waals surface area (Å²) in [6.07, 6.45) is 1.56. The summed E-state index contributed by atoms with van der Waals surface area (Å²) in [5.74, 6) is 0.402. The number of nitrogen functional groups attached to an aromatic ring is 1. The highest BCUT2D eigenvalue weighted by atomic mass is 79.9. The van der Waals surface area contributed by atoms with Gasteiger partial charge < -0.3 is 11.1 Å². The maximum atomic E-state index is 13.1. The predicted octanol–water partition coefficient (Wildman–Crippen LogP) is 3.94. The highest BCUT2D eigenvalue weighted by Crippen LogP contribution is 2.24. The van der Waals surface area contributed by atoms with Crippen LogP contribution in [0.4, 0.5) is 15.9 Å². The molecule has 3 nitrogen and oxygen atoms in total. The molecule has 0 aliphatic heterocycles. The van der Waals surface area contributed by atoms with Crippen molar-refractivity contribution in [3.8, 4) is 0 Å². The molecule has 0 aliphatic carbocycles. The van der Waals surface area contributed by atoms with Crippen LogP contribution in [0.3, 0.4) is 0 Å². The number of benzene rings is 1. The van der Waals surface area contributed by atoms with Crippen LogP contribution in [0.25, 0.3) is 0 Å². The minimum atomic E-state index is -0.265. The maximum Gasteiger partial charge on any atom is 0.140 e. The van der Waals surface area contributed by atoms with Crippen molar-refractivity contribution in [2.75, 3.05) is 11.1 Å². The normalized spacial score (nSPS) is 10.4. The van der Waals surface area contributed by atoms with E-state index in [1.54, 1.807) is 18.3 Å². The van der Waals surface area contributed by atoms with Gasteiger partial charge in [-0.25, -0.2) is 9.37 Å². The highest BCUT2D eigenvalue weighted by molar-refractivity contribution is 9.10. The summed E-state index contributed by atoms with van der Waals surface area (Å²) in [4.78, 5) is 4.15. The molecule has 0 aliphatic rings. The summed E-state index contributed by atoms with van der Waals surface area (Å²) >= 11 is 6.74. The van der Waals surface area contributed by atoms with Crippen LogP contribution in [0.1, 0.15) is 5.56 Å². The van der Waals surface area contributed by atoms with Gasteiger partial charge in [-0.15, -0.1) is 0 Å². The largest absolute Gasteiger partial charge is 0.397 e. The molecule has 1 aromatic heterocycles. The molecule has 0 spiro atoms. The first-order valence-corrected chi connectivity index (χ1v) is 6.73. The lowest BCUT2D eigenvalue weighted by molar-refractivity contribution is 0.625. The molecule has 0 unspecified atom stereocenters. The average Bonchev–Trinajstić information content (AvgIpc) is 2.32. The molecule has 0 saturated heterocycles. The van der Waals surface area contributed by atoms with Gasteiger partial charge in [0.2, 0.25) is 0 Å². The van der Waals surface area contributed by atoms with Gasteiger partial charge in [0.15, 0.2) is 0 Å². The van der Waals surface area contributed by atoms with Crippen LogP contribution < -0.4 is 11.1 Å². The fraction of sp³-hybridized carbons (Fsp3) is 0.0833. The molecule has 0 atom stereocenters. The van der Waals surface area contributed by atoms with Crippen molar-refractivity contribution in [3.05, 3.63) is 50.8 Å². The Morgan fingerprint density at radius 1 is 1.22 bits per heavy atom. The Hall–Kier alpha value is -1.14. The van der Waals surface area contributed by atoms with Gasteiger partial charge in [0.05, 0.1) is 16.4 Å². The molecule has 18 heavy (non-hydrogen) atoms. The van der Waals surface area contributed by atoms with Gasteiger partial charge in [-0.1, -0.05) is 15.9 Å². The van der Waals surface area contributed by atoms with Gasteiger partial charge in [0.1, 0.15) is 11.6 Å². The molecular formula is C12H10Br2FN3. The first kappa shape index (κ1) is 13.3. The van der Waals surface area contributed by atoms with Crippen molar-refractivity contribution < 1.29 is 4.39 Å². The zero-order valence-corrected chi connectivity index (χ0v) is 12.4. The van der Waals surface area contributed by atoms with E-state index in [9.17, 15) is 4.39 Å². The Bertz CT molecular complexity index is 575. The van der Waals surface area contributed by atoms with E-state index in [1.807, 2.05) is 0 Å². The predicted molar refractivity (Wildman–Crippen MR) is 77.8 cm³/mol. The summed E-state index contributed by atoms with van der Waals surface area (Å²) in [6, 6.07) is 6.32. The average molecular weight is 375 g/mol. The molecule has 3 N–H and O–H groups in total. The number of nitrogens with one attached hydrogen (secondary N) is 1. The summed E-state index contributed by atoms with van der Waals surface area (Å²) < 4.78 is 14.7. The molecule has 0 fully saturated rings. The van der Waals surface area contributed by atoms with E-state index in [0.29, 0.717) is 18.1 Å². The number of hydrogen-bond donors (Lipinski definition) is 2. The second kappa shape index (κ2) is 5.67. The molecule has 0 radical (unpaired) electrons. The van der Waals surface area contributed by atoms with Crippen LogP contribution in [-0.4, -0.2) is 4.98 Å². The maximum absolute atomic E-state index is 13.1. The standard InChI is InChI=1S/C12H10Br2FN3/c13-10-2-1-8(15)3-7(10)5-17-12-11(14)4-9(16)6-18-12/h1-4,6H,5,16H2,(H,17,18). The molecule has 2 aromatic rings. The third-order valence-corrected chi connectivity index (χ3v) is 3.69. The van der Waals surface area contributed by atoms with Crippen molar-refractivity contribution >= 4 is 43.4 Å². The van der Waals surface area contributed by atoms with Crippen molar-refractivity contribution in [1.29, 1.82) is 0 Å². The molecule has 0 saturated carbocycles. The van der Waals surface area contributed by atoms with Crippen LogP contribution >= 0.6 is 31.9 Å². The number of hydrogen-bond acceptors (Lipinski definition) is 3. The van der Waals surface area contributed by atoms with Crippen molar-refractivity contribution in [2.24, 2.45) is 0 Å². The quantitative estimate of drug-likeness (QED) is 0.855. The topological polar surface area (TPSA) is 50.9 Å². The van der Waals surface area contributed by atoms with E-state index >= 15 is 0 Å². The molecule has 1 aromatic carbocycles. The van der Waals surface area contributed by atoms with Crippen LogP contribution in [0.2, 0.25) is 0 Å². The molecule has 2 rings (SSSR count). The van der Waals surface area contributed by atoms with Gasteiger partial charge in [-0.05, 0) is 45.8 Å². The Kier molecular flexibility index (Phi) is 4.19. The number of rotatable bonds is 3. The Balaban J connectivity index is 2.13. The zero-order valence-electron chi connectivity index (χ0n) is 9.25. The number of pyridine rings is 1. The van der Waals surface area contributed by atoms with Crippen LogP contribution in [-0.2, 0) is 6.54 Å². The zero-order chi connectivity index (χ0) is 13.1. The molecule has 6 heteroatoms. The van der Waals surface area contributed by atoms with Gasteiger partial charge in [-0.2, -0.15) is 0 Å². The minimum Gasteiger partial charge on any atom is -0.397 e. The first-order chi connectivity index (χ1) is 8.56. The van der Waals surface area contributed by atoms with E-state index < -0.39 is 0 Å². The Labute approximate surface area is 121 Å². The van der Waals surface area contributed by atoms with Crippen molar-refractivity contribution in [1.82, 2.24) is 4.98 Å². The van der Waals surface area contributed by atoms with Crippen LogP contribution in [0.15, 0.2) is 39.4 Å². The molecule has 0 amide bonds. The van der Waals surface area contributed by atoms with Gasteiger partial charge in [0.25, 0.3) is 0 Å². The van der Waals surface area contributed by atoms with E-state index in [0.717, 1.165) is 14.5 Å². The van der Waals surface area contributed by atoms with E-state index in [4.69, 9.17) is 5.73 Å². The molecular weight excluding hydrogens is 365 g/mol. The lowest BCUT2D eigenvalue weighted by Gasteiger charge is -2.09. The third kappa shape index (κ3) is 3.20. The van der Waals surface area contributed by atoms with Gasteiger partial charge >= 0.3 is 0 Å². The van der Waals surface area contributed by atoms with E-state index in [-0.39, 0.29) is 5.82 Å². The summed E-state index contributed by atoms with van der Waals surface area (Å²) in [5.41, 5.74) is 7.00. The summed E-state index contributed by atoms with van der Waals surface area (Å²) in [5, 5.41) is 3.11. The Morgan fingerprint density at radius 3 is 2.72 bits per heavy atom. The lowest BCUT2D eigenvalue weighted by Crippen LogP contribution is -2.03. The number of halogens is 3. The van der Waals surface area contributed by atoms with Crippen molar-refractivity contribution in [3.63, 3.8) is 0 Å². The SMILES string of the molecule is Nc1cnc(NCc2cc(F)ccc2Br)c(Br)c1. The van der Waals surface area contributed by atoms with Crippen LogP contribution in [0.5, 0.6) is 0 Å². The number of nitrogens with zero attached hydrogens (tertiary/aromatic N) is 1. The second-order valence-electron chi connectivity index (χ2n) is 3.69. The van der Waals surface area contributed by atoms with Gasteiger partial charge in [-0.3, -0.25) is 0 Å². The molecule has 0 bridgehead atoms. The lowest BCUT2D eigenvalue weighted by atomic mass is 10.2. The fourth-order valence-electron chi connectivity index (χ4n) is 1.44. The fourth-order valence-corrected chi connectivity index (χ4v) is 2.33. The molecule has 94 valence electrons. The van der Waals surface area contributed by atoms with E-state index in [2.05, 4.69) is 42.2 Å². The van der Waals surface area contributed by atoms with Gasteiger partial charge in [0, 0.05) is 11.0 Å². The smallest absolute Gasteiger partial charge is 0.140 e. The summed E-state index contributed by atoms with van der Waals surface area (Å²) in [7, 11) is 0. The first-order valence-electron chi connectivity index (χ1n) is 5.15. The number of anilines is 2.